The van der Waals surface area contributed by atoms with Crippen molar-refractivity contribution in [2.45, 2.75) is 19.7 Å². The molecule has 2 aromatic carbocycles. The van der Waals surface area contributed by atoms with Gasteiger partial charge in [0, 0.05) is 5.69 Å². The number of esters is 1. The Kier molecular flexibility index (Phi) is 5.14. The van der Waals surface area contributed by atoms with Crippen LogP contribution >= 0.6 is 0 Å². The van der Waals surface area contributed by atoms with E-state index in [9.17, 15) is 18.0 Å². The number of alkyl halides is 3. The van der Waals surface area contributed by atoms with E-state index in [1.54, 1.807) is 24.3 Å². The van der Waals surface area contributed by atoms with Crippen LogP contribution in [0.5, 0.6) is 5.75 Å². The van der Waals surface area contributed by atoms with Gasteiger partial charge in [0.05, 0.1) is 17.6 Å². The fourth-order valence-electron chi connectivity index (χ4n) is 3.19. The standard InChI is InChI=1S/C21H17F3N4O3/c1-2-11-30-20(29)16-17-19(27-15-6-4-3-5-14(15)26-17)28(18(16)25)12-7-9-13(10-8-12)31-21(22,23)24/h3-10H,2,11,25H2,1H3. The molecule has 0 aliphatic rings. The van der Waals surface area contributed by atoms with Gasteiger partial charge in [-0.15, -0.1) is 13.2 Å². The molecule has 31 heavy (non-hydrogen) atoms. The van der Waals surface area contributed by atoms with Crippen LogP contribution in [0.25, 0.3) is 27.9 Å². The second-order valence-electron chi connectivity index (χ2n) is 6.66. The highest BCUT2D eigenvalue weighted by Gasteiger charge is 2.31. The molecule has 0 bridgehead atoms. The Morgan fingerprint density at radius 2 is 1.71 bits per heavy atom. The maximum absolute atomic E-state index is 12.7. The number of carbonyl (C=O) groups is 1. The lowest BCUT2D eigenvalue weighted by atomic mass is 10.2. The first-order valence-corrected chi connectivity index (χ1v) is 9.38. The van der Waals surface area contributed by atoms with Gasteiger partial charge in [-0.1, -0.05) is 19.1 Å². The lowest BCUT2D eigenvalue weighted by Gasteiger charge is -2.11. The van der Waals surface area contributed by atoms with E-state index < -0.39 is 12.3 Å². The number of fused-ring (bicyclic) bond motifs is 2. The number of ether oxygens (including phenoxy) is 2. The third kappa shape index (κ3) is 3.96. The van der Waals surface area contributed by atoms with Crippen LogP contribution in [0.3, 0.4) is 0 Å². The number of benzene rings is 2. The van der Waals surface area contributed by atoms with Gasteiger partial charge >= 0.3 is 12.3 Å². The van der Waals surface area contributed by atoms with Gasteiger partial charge in [0.25, 0.3) is 0 Å². The summed E-state index contributed by atoms with van der Waals surface area (Å²) in [5, 5.41) is 0. The Hall–Kier alpha value is -3.82. The minimum Gasteiger partial charge on any atom is -0.462 e. The maximum Gasteiger partial charge on any atom is 0.573 e. The summed E-state index contributed by atoms with van der Waals surface area (Å²) in [6.45, 7) is 2.06. The van der Waals surface area contributed by atoms with Gasteiger partial charge in [-0.3, -0.25) is 4.57 Å². The van der Waals surface area contributed by atoms with Crippen molar-refractivity contribution in [1.29, 1.82) is 0 Å². The number of aromatic nitrogens is 3. The minimum atomic E-state index is -4.80. The van der Waals surface area contributed by atoms with Gasteiger partial charge < -0.3 is 15.2 Å². The van der Waals surface area contributed by atoms with E-state index in [1.165, 1.54) is 16.7 Å². The van der Waals surface area contributed by atoms with E-state index in [1.807, 2.05) is 6.92 Å². The number of rotatable bonds is 5. The van der Waals surface area contributed by atoms with Crippen LogP contribution in [0, 0.1) is 0 Å². The molecule has 2 heterocycles. The van der Waals surface area contributed by atoms with Crippen LogP contribution in [0.15, 0.2) is 48.5 Å². The first-order valence-electron chi connectivity index (χ1n) is 9.38. The van der Waals surface area contributed by atoms with Gasteiger partial charge in [0.1, 0.15) is 22.6 Å². The summed E-state index contributed by atoms with van der Waals surface area (Å²) in [6.07, 6.45) is -4.18. The summed E-state index contributed by atoms with van der Waals surface area (Å²) in [6, 6.07) is 12.2. The third-order valence-electron chi connectivity index (χ3n) is 4.47. The van der Waals surface area contributed by atoms with Crippen LogP contribution in [0.2, 0.25) is 0 Å². The number of para-hydroxylation sites is 2. The monoisotopic (exact) mass is 430 g/mol. The fraction of sp³-hybridized carbons (Fsp3) is 0.190. The average molecular weight is 430 g/mol. The Labute approximate surface area is 174 Å². The first kappa shape index (κ1) is 20.5. The van der Waals surface area contributed by atoms with Crippen LogP contribution in [0.4, 0.5) is 19.0 Å². The molecule has 4 rings (SSSR count). The molecule has 0 saturated heterocycles. The quantitative estimate of drug-likeness (QED) is 0.465. The number of hydrogen-bond donors (Lipinski definition) is 1. The lowest BCUT2D eigenvalue weighted by Crippen LogP contribution is -2.17. The zero-order valence-corrected chi connectivity index (χ0v) is 16.3. The summed E-state index contributed by atoms with van der Waals surface area (Å²) < 4.78 is 48.0. The number of anilines is 1. The highest BCUT2D eigenvalue weighted by Crippen LogP contribution is 2.32. The van der Waals surface area contributed by atoms with Crippen molar-refractivity contribution >= 4 is 34.0 Å². The van der Waals surface area contributed by atoms with Gasteiger partial charge in [0.2, 0.25) is 0 Å². The average Bonchev–Trinajstić information content (AvgIpc) is 3.00. The van der Waals surface area contributed by atoms with Crippen LogP contribution < -0.4 is 10.5 Å². The van der Waals surface area contributed by atoms with Gasteiger partial charge in [-0.25, -0.2) is 14.8 Å². The molecule has 0 spiro atoms. The molecular formula is C21H17F3N4O3. The molecule has 0 saturated carbocycles. The number of halogens is 3. The zero-order valence-electron chi connectivity index (χ0n) is 16.3. The topological polar surface area (TPSA) is 92.3 Å². The van der Waals surface area contributed by atoms with Crippen molar-refractivity contribution in [2.24, 2.45) is 0 Å². The summed E-state index contributed by atoms with van der Waals surface area (Å²) >= 11 is 0. The molecule has 0 aliphatic heterocycles. The largest absolute Gasteiger partial charge is 0.573 e. The molecule has 4 aromatic rings. The van der Waals surface area contributed by atoms with E-state index in [0.717, 1.165) is 12.1 Å². The number of nitrogens with zero attached hydrogens (tertiary/aromatic N) is 3. The molecule has 160 valence electrons. The number of nitrogens with two attached hydrogens (primary N) is 1. The summed E-state index contributed by atoms with van der Waals surface area (Å²) in [5.41, 5.74) is 8.39. The van der Waals surface area contributed by atoms with Crippen LogP contribution in [0.1, 0.15) is 23.7 Å². The van der Waals surface area contributed by atoms with Crippen molar-refractivity contribution in [3.05, 3.63) is 54.1 Å². The SMILES string of the molecule is CCCOC(=O)c1c(N)n(-c2ccc(OC(F)(F)F)cc2)c2nc3ccccc3nc12. The van der Waals surface area contributed by atoms with Gasteiger partial charge in [-0.05, 0) is 42.8 Å². The van der Waals surface area contributed by atoms with Crippen molar-refractivity contribution in [3.63, 3.8) is 0 Å². The van der Waals surface area contributed by atoms with Gasteiger partial charge in [0.15, 0.2) is 5.65 Å². The number of hydrogen-bond acceptors (Lipinski definition) is 6. The molecular weight excluding hydrogens is 413 g/mol. The van der Waals surface area contributed by atoms with E-state index in [2.05, 4.69) is 14.7 Å². The molecule has 2 aromatic heterocycles. The highest BCUT2D eigenvalue weighted by atomic mass is 19.4. The zero-order chi connectivity index (χ0) is 22.2. The van der Waals surface area contributed by atoms with Crippen molar-refractivity contribution in [3.8, 4) is 11.4 Å². The number of nitrogen functional groups attached to an aromatic ring is 1. The number of carbonyl (C=O) groups excluding carboxylic acids is 1. The molecule has 0 radical (unpaired) electrons. The molecule has 10 heteroatoms. The Balaban J connectivity index is 1.90. The smallest absolute Gasteiger partial charge is 0.462 e. The Bertz CT molecular complexity index is 1270. The fourth-order valence-corrected chi connectivity index (χ4v) is 3.19. The Morgan fingerprint density at radius 3 is 2.32 bits per heavy atom. The predicted octanol–water partition coefficient (Wildman–Crippen LogP) is 4.62. The molecule has 0 unspecified atom stereocenters. The normalized spacial score (nSPS) is 11.7. The molecule has 0 fully saturated rings. The van der Waals surface area contributed by atoms with Crippen LogP contribution in [-0.2, 0) is 4.74 Å². The van der Waals surface area contributed by atoms with Crippen molar-refractivity contribution < 1.29 is 27.4 Å². The molecule has 7 nitrogen and oxygen atoms in total. The van der Waals surface area contributed by atoms with E-state index in [-0.39, 0.29) is 34.9 Å². The van der Waals surface area contributed by atoms with E-state index >= 15 is 0 Å². The van der Waals surface area contributed by atoms with Crippen molar-refractivity contribution in [2.75, 3.05) is 12.3 Å². The lowest BCUT2D eigenvalue weighted by molar-refractivity contribution is -0.274. The maximum atomic E-state index is 12.7. The minimum absolute atomic E-state index is 0.0240. The summed E-state index contributed by atoms with van der Waals surface area (Å²) in [7, 11) is 0. The third-order valence-corrected chi connectivity index (χ3v) is 4.47. The highest BCUT2D eigenvalue weighted by molar-refractivity contribution is 6.09. The van der Waals surface area contributed by atoms with Gasteiger partial charge in [-0.2, -0.15) is 0 Å². The second-order valence-corrected chi connectivity index (χ2v) is 6.66. The first-order chi connectivity index (χ1) is 14.8. The van der Waals surface area contributed by atoms with Crippen LogP contribution in [-0.4, -0.2) is 33.5 Å². The van der Waals surface area contributed by atoms with E-state index in [0.29, 0.717) is 23.1 Å². The Morgan fingerprint density at radius 1 is 1.06 bits per heavy atom. The molecule has 0 aliphatic carbocycles. The summed E-state index contributed by atoms with van der Waals surface area (Å²) in [4.78, 5) is 21.8. The van der Waals surface area contributed by atoms with Crippen molar-refractivity contribution in [1.82, 2.24) is 14.5 Å². The second kappa shape index (κ2) is 7.78. The van der Waals surface area contributed by atoms with E-state index in [4.69, 9.17) is 10.5 Å². The molecule has 2 N–H and O–H groups in total. The predicted molar refractivity (Wildman–Crippen MR) is 108 cm³/mol. The summed E-state index contributed by atoms with van der Waals surface area (Å²) in [5.74, 6) is -1.01. The molecule has 0 amide bonds. The molecule has 0 atom stereocenters.